The van der Waals surface area contributed by atoms with Crippen molar-refractivity contribution < 1.29 is 37.0 Å². The van der Waals surface area contributed by atoms with Gasteiger partial charge < -0.3 is 29.2 Å². The van der Waals surface area contributed by atoms with Crippen LogP contribution < -0.4 is 28.6 Å². The molecule has 0 radical (unpaired) electrons. The number of carbonyl (C=O) groups excluding carboxylic acids is 2. The first-order valence-corrected chi connectivity index (χ1v) is 16.0. The van der Waals surface area contributed by atoms with Gasteiger partial charge in [0.1, 0.15) is 24.1 Å². The van der Waals surface area contributed by atoms with E-state index in [1.807, 2.05) is 51.1 Å². The van der Waals surface area contributed by atoms with Crippen LogP contribution in [0.5, 0.6) is 23.0 Å². The molecule has 0 aliphatic heterocycles. The number of amides is 2. The Bertz CT molecular complexity index is 1550. The van der Waals surface area contributed by atoms with Crippen LogP contribution in [-0.4, -0.2) is 78.7 Å². The number of ether oxygens (including phenoxy) is 4. The number of anilines is 1. The van der Waals surface area contributed by atoms with Crippen LogP contribution in [0, 0.1) is 0 Å². The second-order valence-electron chi connectivity index (χ2n) is 10.5. The van der Waals surface area contributed by atoms with E-state index in [0.717, 1.165) is 9.87 Å². The molecule has 0 spiro atoms. The molecule has 45 heavy (non-hydrogen) atoms. The number of hydrogen-bond donors (Lipinski definition) is 1. The SMILES string of the molecule is CCC(C(=O)NC(C)C)N(CCc1ccccc1)C(=O)CN(c1cc(OC)ccc1OC)S(=O)(=O)c1ccc(OC)c(OC)c1. The Morgan fingerprint density at radius 1 is 0.822 bits per heavy atom. The lowest BCUT2D eigenvalue weighted by Crippen LogP contribution is -2.54. The fourth-order valence-electron chi connectivity index (χ4n) is 4.89. The number of nitrogens with one attached hydrogen (secondary N) is 1. The van der Waals surface area contributed by atoms with Crippen LogP contribution in [0.4, 0.5) is 5.69 Å². The predicted octanol–water partition coefficient (Wildman–Crippen LogP) is 4.29. The summed E-state index contributed by atoms with van der Waals surface area (Å²) in [4.78, 5) is 29.0. The zero-order valence-electron chi connectivity index (χ0n) is 26.9. The summed E-state index contributed by atoms with van der Waals surface area (Å²) in [5.74, 6) is 0.214. The summed E-state index contributed by atoms with van der Waals surface area (Å²) in [7, 11) is 1.28. The number of nitrogens with zero attached hydrogens (tertiary/aromatic N) is 2. The first-order valence-electron chi connectivity index (χ1n) is 14.6. The molecule has 1 N–H and O–H groups in total. The summed E-state index contributed by atoms with van der Waals surface area (Å²) < 4.78 is 51.4. The molecule has 3 aromatic rings. The van der Waals surface area contributed by atoms with Gasteiger partial charge >= 0.3 is 0 Å². The normalized spacial score (nSPS) is 11.8. The fraction of sp³-hybridized carbons (Fsp3) is 0.394. The highest BCUT2D eigenvalue weighted by Crippen LogP contribution is 2.37. The maximum atomic E-state index is 14.4. The Labute approximate surface area is 266 Å². The summed E-state index contributed by atoms with van der Waals surface area (Å²) in [6.45, 7) is 5.06. The number of hydrogen-bond acceptors (Lipinski definition) is 8. The maximum Gasteiger partial charge on any atom is 0.265 e. The molecule has 0 aliphatic carbocycles. The molecule has 1 atom stereocenters. The molecule has 0 saturated heterocycles. The van der Waals surface area contributed by atoms with Crippen molar-refractivity contribution >= 4 is 27.5 Å². The summed E-state index contributed by atoms with van der Waals surface area (Å²) in [6, 6.07) is 17.4. The van der Waals surface area contributed by atoms with Crippen molar-refractivity contribution in [2.75, 3.05) is 45.8 Å². The van der Waals surface area contributed by atoms with Crippen molar-refractivity contribution in [1.82, 2.24) is 10.2 Å². The summed E-state index contributed by atoms with van der Waals surface area (Å²) >= 11 is 0. The Morgan fingerprint density at radius 2 is 1.47 bits per heavy atom. The van der Waals surface area contributed by atoms with E-state index in [1.54, 1.807) is 12.1 Å². The third-order valence-corrected chi connectivity index (χ3v) is 8.93. The van der Waals surface area contributed by atoms with Crippen LogP contribution in [0.15, 0.2) is 71.6 Å². The van der Waals surface area contributed by atoms with Crippen molar-refractivity contribution in [3.63, 3.8) is 0 Å². The number of carbonyl (C=O) groups is 2. The van der Waals surface area contributed by atoms with Crippen molar-refractivity contribution in [1.29, 1.82) is 0 Å². The van der Waals surface area contributed by atoms with Crippen molar-refractivity contribution in [2.45, 2.75) is 50.6 Å². The van der Waals surface area contributed by atoms with Crippen LogP contribution in [0.2, 0.25) is 0 Å². The average molecular weight is 642 g/mol. The third kappa shape index (κ3) is 8.59. The van der Waals surface area contributed by atoms with Gasteiger partial charge in [-0.2, -0.15) is 0 Å². The van der Waals surface area contributed by atoms with E-state index >= 15 is 0 Å². The molecule has 3 rings (SSSR count). The van der Waals surface area contributed by atoms with Gasteiger partial charge in [-0.25, -0.2) is 8.42 Å². The lowest BCUT2D eigenvalue weighted by molar-refractivity contribution is -0.139. The second kappa shape index (κ2) is 16.0. The fourth-order valence-corrected chi connectivity index (χ4v) is 6.32. The van der Waals surface area contributed by atoms with Gasteiger partial charge in [0.2, 0.25) is 11.8 Å². The smallest absolute Gasteiger partial charge is 0.265 e. The molecular formula is C33H43N3O8S. The summed E-state index contributed by atoms with van der Waals surface area (Å²) in [5, 5.41) is 2.90. The minimum Gasteiger partial charge on any atom is -0.497 e. The van der Waals surface area contributed by atoms with Gasteiger partial charge in [-0.15, -0.1) is 0 Å². The topological polar surface area (TPSA) is 124 Å². The Morgan fingerprint density at radius 3 is 2.04 bits per heavy atom. The van der Waals surface area contributed by atoms with E-state index in [-0.39, 0.29) is 40.6 Å². The Balaban J connectivity index is 2.15. The van der Waals surface area contributed by atoms with Gasteiger partial charge in [-0.3, -0.25) is 13.9 Å². The number of sulfonamides is 1. The first kappa shape index (κ1) is 35.0. The molecule has 3 aromatic carbocycles. The van der Waals surface area contributed by atoms with E-state index in [9.17, 15) is 18.0 Å². The molecule has 0 saturated carbocycles. The molecule has 0 aromatic heterocycles. The third-order valence-electron chi connectivity index (χ3n) is 7.18. The van der Waals surface area contributed by atoms with Crippen LogP contribution in [0.25, 0.3) is 0 Å². The highest BCUT2D eigenvalue weighted by atomic mass is 32.2. The molecule has 0 heterocycles. The quantitative estimate of drug-likeness (QED) is 0.246. The lowest BCUT2D eigenvalue weighted by Gasteiger charge is -2.34. The van der Waals surface area contributed by atoms with Gasteiger partial charge in [-0.1, -0.05) is 37.3 Å². The maximum absolute atomic E-state index is 14.4. The first-order chi connectivity index (χ1) is 21.5. The molecule has 2 amide bonds. The van der Waals surface area contributed by atoms with Gasteiger partial charge in [0.15, 0.2) is 11.5 Å². The average Bonchev–Trinajstić information content (AvgIpc) is 3.04. The van der Waals surface area contributed by atoms with E-state index in [2.05, 4.69) is 5.32 Å². The van der Waals surface area contributed by atoms with E-state index in [0.29, 0.717) is 24.3 Å². The minimum absolute atomic E-state index is 0.0858. The van der Waals surface area contributed by atoms with Crippen molar-refractivity contribution in [2.24, 2.45) is 0 Å². The highest BCUT2D eigenvalue weighted by molar-refractivity contribution is 7.92. The van der Waals surface area contributed by atoms with Crippen molar-refractivity contribution in [3.8, 4) is 23.0 Å². The van der Waals surface area contributed by atoms with Crippen LogP contribution in [0.3, 0.4) is 0 Å². The summed E-state index contributed by atoms with van der Waals surface area (Å²) in [6.07, 6.45) is 0.785. The Kier molecular flexibility index (Phi) is 12.5. The van der Waals surface area contributed by atoms with Gasteiger partial charge in [0.25, 0.3) is 10.0 Å². The zero-order valence-corrected chi connectivity index (χ0v) is 27.7. The Hall–Kier alpha value is -4.45. The van der Waals surface area contributed by atoms with Crippen molar-refractivity contribution in [3.05, 3.63) is 72.3 Å². The standard InChI is InChI=1S/C33H43N3O8S/c1-8-27(33(38)34-23(2)3)35(19-18-24-12-10-9-11-13-24)32(37)22-36(28-20-25(41-4)14-16-29(28)42-5)45(39,40)26-15-17-30(43-6)31(21-26)44-7/h9-17,20-21,23,27H,8,18-19,22H2,1-7H3,(H,34,38). The van der Waals surface area contributed by atoms with Crippen LogP contribution in [-0.2, 0) is 26.0 Å². The largest absolute Gasteiger partial charge is 0.497 e. The molecule has 11 nitrogen and oxygen atoms in total. The molecule has 0 bridgehead atoms. The lowest BCUT2D eigenvalue weighted by atomic mass is 10.1. The van der Waals surface area contributed by atoms with E-state index in [1.165, 1.54) is 57.6 Å². The van der Waals surface area contributed by atoms with Gasteiger partial charge in [-0.05, 0) is 56.5 Å². The van der Waals surface area contributed by atoms with E-state index < -0.39 is 28.5 Å². The monoisotopic (exact) mass is 641 g/mol. The number of benzene rings is 3. The molecule has 244 valence electrons. The predicted molar refractivity (Wildman–Crippen MR) is 173 cm³/mol. The van der Waals surface area contributed by atoms with E-state index in [4.69, 9.17) is 18.9 Å². The van der Waals surface area contributed by atoms with Gasteiger partial charge in [0.05, 0.1) is 39.0 Å². The van der Waals surface area contributed by atoms with Crippen LogP contribution in [0.1, 0.15) is 32.8 Å². The van der Waals surface area contributed by atoms with Crippen LogP contribution >= 0.6 is 0 Å². The zero-order chi connectivity index (χ0) is 33.1. The summed E-state index contributed by atoms with van der Waals surface area (Å²) in [5.41, 5.74) is 1.06. The molecule has 0 fully saturated rings. The van der Waals surface area contributed by atoms with Gasteiger partial charge in [0, 0.05) is 24.7 Å². The molecular weight excluding hydrogens is 598 g/mol. The molecule has 0 aliphatic rings. The molecule has 12 heteroatoms. The second-order valence-corrected chi connectivity index (χ2v) is 12.3. The number of rotatable bonds is 16. The minimum atomic E-state index is -4.42. The number of methoxy groups -OCH3 is 4. The molecule has 1 unspecified atom stereocenters. The highest BCUT2D eigenvalue weighted by Gasteiger charge is 2.35.